The molecule has 0 spiro atoms. The first kappa shape index (κ1) is 8.25. The number of aliphatic carboxylic acids is 1. The summed E-state index contributed by atoms with van der Waals surface area (Å²) < 4.78 is 1.89. The van der Waals surface area contributed by atoms with Gasteiger partial charge in [-0.05, 0) is 6.92 Å². The Morgan fingerprint density at radius 2 is 2.62 bits per heavy atom. The van der Waals surface area contributed by atoms with Gasteiger partial charge >= 0.3 is 5.97 Å². The second-order valence-electron chi connectivity index (χ2n) is 3.16. The van der Waals surface area contributed by atoms with Gasteiger partial charge < -0.3 is 9.67 Å². The van der Waals surface area contributed by atoms with Crippen LogP contribution in [0, 0.1) is 6.92 Å². The maximum Gasteiger partial charge on any atom is 0.328 e. The number of rotatable bonds is 1. The SMILES string of the molecule is Cc1cn2c(n1)C(C(=O)O)NCC2. The van der Waals surface area contributed by atoms with Gasteiger partial charge in [-0.15, -0.1) is 0 Å². The van der Waals surface area contributed by atoms with E-state index < -0.39 is 12.0 Å². The average molecular weight is 181 g/mol. The van der Waals surface area contributed by atoms with Gasteiger partial charge in [0.05, 0.1) is 5.69 Å². The van der Waals surface area contributed by atoms with Crippen molar-refractivity contribution in [3.05, 3.63) is 17.7 Å². The molecule has 1 unspecified atom stereocenters. The smallest absolute Gasteiger partial charge is 0.328 e. The van der Waals surface area contributed by atoms with Gasteiger partial charge in [0.1, 0.15) is 5.82 Å². The van der Waals surface area contributed by atoms with Gasteiger partial charge in [-0.3, -0.25) is 10.1 Å². The number of nitrogens with one attached hydrogen (secondary N) is 1. The standard InChI is InChI=1S/C8H11N3O2/c1-5-4-11-3-2-9-6(8(12)13)7(11)10-5/h4,6,9H,2-3H2,1H3,(H,12,13). The van der Waals surface area contributed by atoms with Gasteiger partial charge in [-0.1, -0.05) is 0 Å². The minimum Gasteiger partial charge on any atom is -0.480 e. The van der Waals surface area contributed by atoms with Crippen molar-refractivity contribution in [2.45, 2.75) is 19.5 Å². The number of carbonyl (C=O) groups is 1. The van der Waals surface area contributed by atoms with E-state index in [9.17, 15) is 4.79 Å². The summed E-state index contributed by atoms with van der Waals surface area (Å²) in [5, 5.41) is 11.8. The quantitative estimate of drug-likeness (QED) is 0.636. The van der Waals surface area contributed by atoms with Gasteiger partial charge in [0.15, 0.2) is 6.04 Å². The lowest BCUT2D eigenvalue weighted by atomic mass is 10.2. The molecule has 0 aliphatic carbocycles. The zero-order valence-electron chi connectivity index (χ0n) is 7.32. The van der Waals surface area contributed by atoms with Gasteiger partial charge in [-0.2, -0.15) is 0 Å². The predicted octanol–water partition coefficient (Wildman–Crippen LogP) is -0.0796. The van der Waals surface area contributed by atoms with Gasteiger partial charge in [0, 0.05) is 19.3 Å². The first-order valence-corrected chi connectivity index (χ1v) is 4.18. The van der Waals surface area contributed by atoms with Crippen LogP contribution in [0.15, 0.2) is 6.20 Å². The minimum atomic E-state index is -0.869. The Balaban J connectivity index is 2.41. The van der Waals surface area contributed by atoms with E-state index in [1.165, 1.54) is 0 Å². The molecule has 0 aromatic carbocycles. The summed E-state index contributed by atoms with van der Waals surface area (Å²) in [6, 6.07) is -0.651. The van der Waals surface area contributed by atoms with Crippen LogP contribution in [-0.4, -0.2) is 27.2 Å². The fourth-order valence-corrected chi connectivity index (χ4v) is 1.59. The van der Waals surface area contributed by atoms with Crippen LogP contribution in [0.4, 0.5) is 0 Å². The molecule has 5 heteroatoms. The third-order valence-electron chi connectivity index (χ3n) is 2.13. The van der Waals surface area contributed by atoms with Crippen LogP contribution in [0.1, 0.15) is 17.6 Å². The predicted molar refractivity (Wildman–Crippen MR) is 45.3 cm³/mol. The molecular weight excluding hydrogens is 170 g/mol. The number of nitrogens with zero attached hydrogens (tertiary/aromatic N) is 2. The van der Waals surface area contributed by atoms with E-state index in [2.05, 4.69) is 10.3 Å². The van der Waals surface area contributed by atoms with Crippen LogP contribution in [0.3, 0.4) is 0 Å². The van der Waals surface area contributed by atoms with Crippen molar-refractivity contribution in [1.82, 2.24) is 14.9 Å². The molecule has 5 nitrogen and oxygen atoms in total. The van der Waals surface area contributed by atoms with Crippen LogP contribution in [0.25, 0.3) is 0 Å². The normalized spacial score (nSPS) is 21.2. The number of imidazole rings is 1. The van der Waals surface area contributed by atoms with Crippen molar-refractivity contribution >= 4 is 5.97 Å². The Hall–Kier alpha value is -1.36. The lowest BCUT2D eigenvalue weighted by Crippen LogP contribution is -2.37. The maximum atomic E-state index is 10.8. The summed E-state index contributed by atoms with van der Waals surface area (Å²) in [5.41, 5.74) is 0.866. The Labute approximate surface area is 75.4 Å². The van der Waals surface area contributed by atoms with Crippen LogP contribution < -0.4 is 5.32 Å². The summed E-state index contributed by atoms with van der Waals surface area (Å²) in [4.78, 5) is 15.0. The maximum absolute atomic E-state index is 10.8. The van der Waals surface area contributed by atoms with Crippen molar-refractivity contribution in [1.29, 1.82) is 0 Å². The average Bonchev–Trinajstić information content (AvgIpc) is 2.43. The molecule has 0 amide bonds. The van der Waals surface area contributed by atoms with E-state index in [-0.39, 0.29) is 0 Å². The molecule has 0 radical (unpaired) electrons. The molecule has 0 fully saturated rings. The Kier molecular flexibility index (Phi) is 1.81. The van der Waals surface area contributed by atoms with Crippen molar-refractivity contribution in [3.8, 4) is 0 Å². The lowest BCUT2D eigenvalue weighted by molar-refractivity contribution is -0.140. The summed E-state index contributed by atoms with van der Waals surface area (Å²) >= 11 is 0. The Bertz CT molecular complexity index is 345. The van der Waals surface area contributed by atoms with Crippen LogP contribution in [-0.2, 0) is 11.3 Å². The van der Waals surface area contributed by atoms with E-state index in [1.54, 1.807) is 0 Å². The van der Waals surface area contributed by atoms with Gasteiger partial charge in [0.25, 0.3) is 0 Å². The zero-order valence-corrected chi connectivity index (χ0v) is 7.32. The molecule has 0 saturated heterocycles. The molecule has 2 rings (SSSR count). The number of aryl methyl sites for hydroxylation is 1. The van der Waals surface area contributed by atoms with Crippen molar-refractivity contribution in [3.63, 3.8) is 0 Å². The topological polar surface area (TPSA) is 67.2 Å². The highest BCUT2D eigenvalue weighted by Gasteiger charge is 2.27. The summed E-state index contributed by atoms with van der Waals surface area (Å²) in [6.07, 6.45) is 1.88. The summed E-state index contributed by atoms with van der Waals surface area (Å²) in [6.45, 7) is 3.34. The van der Waals surface area contributed by atoms with E-state index in [0.29, 0.717) is 12.4 Å². The molecule has 0 saturated carbocycles. The number of aromatic nitrogens is 2. The van der Waals surface area contributed by atoms with E-state index in [0.717, 1.165) is 12.2 Å². The first-order valence-electron chi connectivity index (χ1n) is 4.18. The van der Waals surface area contributed by atoms with Crippen molar-refractivity contribution < 1.29 is 9.90 Å². The van der Waals surface area contributed by atoms with Crippen molar-refractivity contribution in [2.75, 3.05) is 6.54 Å². The van der Waals surface area contributed by atoms with Crippen LogP contribution in [0.2, 0.25) is 0 Å². The number of carboxylic acids is 1. The van der Waals surface area contributed by atoms with Crippen LogP contribution in [0.5, 0.6) is 0 Å². The highest BCUT2D eigenvalue weighted by molar-refractivity contribution is 5.74. The molecule has 2 N–H and O–H groups in total. The largest absolute Gasteiger partial charge is 0.480 e. The second-order valence-corrected chi connectivity index (χ2v) is 3.16. The summed E-state index contributed by atoms with van der Waals surface area (Å²) in [5.74, 6) is -0.261. The third-order valence-corrected chi connectivity index (χ3v) is 2.13. The molecular formula is C8H11N3O2. The molecule has 1 aromatic rings. The first-order chi connectivity index (χ1) is 6.18. The number of hydrogen-bond donors (Lipinski definition) is 2. The van der Waals surface area contributed by atoms with Crippen molar-refractivity contribution in [2.24, 2.45) is 0 Å². The lowest BCUT2D eigenvalue weighted by Gasteiger charge is -2.21. The molecule has 2 heterocycles. The number of carboxylic acid groups (broad SMARTS) is 1. The summed E-state index contributed by atoms with van der Waals surface area (Å²) in [7, 11) is 0. The molecule has 0 bridgehead atoms. The van der Waals surface area contributed by atoms with E-state index in [4.69, 9.17) is 5.11 Å². The fourth-order valence-electron chi connectivity index (χ4n) is 1.59. The van der Waals surface area contributed by atoms with Gasteiger partial charge in [-0.25, -0.2) is 4.98 Å². The zero-order chi connectivity index (χ0) is 9.42. The van der Waals surface area contributed by atoms with E-state index >= 15 is 0 Å². The number of hydrogen-bond acceptors (Lipinski definition) is 3. The fraction of sp³-hybridized carbons (Fsp3) is 0.500. The van der Waals surface area contributed by atoms with E-state index in [1.807, 2.05) is 17.7 Å². The molecule has 1 aliphatic rings. The number of fused-ring (bicyclic) bond motifs is 1. The Morgan fingerprint density at radius 3 is 3.31 bits per heavy atom. The third kappa shape index (κ3) is 1.31. The monoisotopic (exact) mass is 181 g/mol. The Morgan fingerprint density at radius 1 is 1.85 bits per heavy atom. The highest BCUT2D eigenvalue weighted by atomic mass is 16.4. The second kappa shape index (κ2) is 2.85. The molecule has 1 atom stereocenters. The molecule has 1 aliphatic heterocycles. The molecule has 70 valence electrons. The molecule has 13 heavy (non-hydrogen) atoms. The molecule has 1 aromatic heterocycles. The van der Waals surface area contributed by atoms with Crippen LogP contribution >= 0.6 is 0 Å². The minimum absolute atomic E-state index is 0.608. The highest BCUT2D eigenvalue weighted by Crippen LogP contribution is 2.16. The van der Waals surface area contributed by atoms with Gasteiger partial charge in [0.2, 0.25) is 0 Å².